The van der Waals surface area contributed by atoms with Gasteiger partial charge in [-0.3, -0.25) is 4.79 Å². The predicted molar refractivity (Wildman–Crippen MR) is 110 cm³/mol. The summed E-state index contributed by atoms with van der Waals surface area (Å²) in [4.78, 5) is 14.3. The molecule has 1 aromatic heterocycles. The van der Waals surface area contributed by atoms with Crippen molar-refractivity contribution in [3.63, 3.8) is 0 Å². The van der Waals surface area contributed by atoms with E-state index in [0.29, 0.717) is 43.4 Å². The number of hydrogen-bond acceptors (Lipinski definition) is 6. The van der Waals surface area contributed by atoms with E-state index in [2.05, 4.69) is 10.4 Å². The van der Waals surface area contributed by atoms with Crippen LogP contribution in [0.2, 0.25) is 5.02 Å². The normalized spacial score (nSPS) is 21.0. The fourth-order valence-corrected chi connectivity index (χ4v) is 4.19. The molecule has 1 N–H and O–H groups in total. The standard InChI is InChI=1S/C20H22ClF3N4O4/c1-30-13-4-3-11(9-14(13)31-2)12-10-15(20(22,23)24)28-18(25-12)16(21)17(26-28)19(29)27-5-7-32-8-6-27/h3-4,9,12,15,25H,5-8,10H2,1-2H3/t12-,15-/m1/s1. The second-order valence-electron chi connectivity index (χ2n) is 7.46. The zero-order valence-corrected chi connectivity index (χ0v) is 18.2. The highest BCUT2D eigenvalue weighted by Gasteiger charge is 2.48. The number of nitrogens with zero attached hydrogens (tertiary/aromatic N) is 3. The molecular formula is C20H22ClF3N4O4. The lowest BCUT2D eigenvalue weighted by molar-refractivity contribution is -0.173. The summed E-state index contributed by atoms with van der Waals surface area (Å²) < 4.78 is 58.4. The summed E-state index contributed by atoms with van der Waals surface area (Å²) in [5.74, 6) is 0.284. The topological polar surface area (TPSA) is 77.9 Å². The van der Waals surface area contributed by atoms with Gasteiger partial charge in [0.25, 0.3) is 5.91 Å². The number of rotatable bonds is 4. The van der Waals surface area contributed by atoms with Gasteiger partial charge < -0.3 is 24.4 Å². The Morgan fingerprint density at radius 2 is 1.91 bits per heavy atom. The maximum Gasteiger partial charge on any atom is 0.410 e. The maximum atomic E-state index is 14.0. The molecule has 2 atom stereocenters. The highest BCUT2D eigenvalue weighted by Crippen LogP contribution is 2.47. The number of methoxy groups -OCH3 is 2. The van der Waals surface area contributed by atoms with Crippen molar-refractivity contribution in [2.45, 2.75) is 24.7 Å². The largest absolute Gasteiger partial charge is 0.493 e. The summed E-state index contributed by atoms with van der Waals surface area (Å²) in [5, 5.41) is 6.88. The minimum Gasteiger partial charge on any atom is -0.493 e. The highest BCUT2D eigenvalue weighted by atomic mass is 35.5. The Labute approximate surface area is 187 Å². The van der Waals surface area contributed by atoms with Gasteiger partial charge in [-0.15, -0.1) is 0 Å². The molecular weight excluding hydrogens is 453 g/mol. The molecule has 2 aliphatic heterocycles. The van der Waals surface area contributed by atoms with Gasteiger partial charge in [0.2, 0.25) is 0 Å². The average molecular weight is 475 g/mol. The summed E-state index contributed by atoms with van der Waals surface area (Å²) >= 11 is 6.39. The molecule has 4 rings (SSSR count). The van der Waals surface area contributed by atoms with Crippen LogP contribution in [-0.2, 0) is 4.74 Å². The van der Waals surface area contributed by atoms with Crippen molar-refractivity contribution < 1.29 is 32.2 Å². The Kier molecular flexibility index (Phi) is 6.13. The van der Waals surface area contributed by atoms with Gasteiger partial charge in [0.1, 0.15) is 10.8 Å². The van der Waals surface area contributed by atoms with Crippen LogP contribution in [0.1, 0.15) is 34.6 Å². The summed E-state index contributed by atoms with van der Waals surface area (Å²) in [6, 6.07) is 2.20. The molecule has 12 heteroatoms. The van der Waals surface area contributed by atoms with E-state index in [1.54, 1.807) is 18.2 Å². The summed E-state index contributed by atoms with van der Waals surface area (Å²) in [6.45, 7) is 1.34. The smallest absolute Gasteiger partial charge is 0.410 e. The van der Waals surface area contributed by atoms with E-state index in [0.717, 1.165) is 4.68 Å². The Balaban J connectivity index is 1.72. The Hall–Kier alpha value is -2.66. The lowest BCUT2D eigenvalue weighted by atomic mass is 9.96. The SMILES string of the molecule is COc1ccc([C@H]2C[C@H](C(F)(F)F)n3nc(C(=O)N4CCOCC4)c(Cl)c3N2)cc1OC. The predicted octanol–water partition coefficient (Wildman–Crippen LogP) is 3.69. The number of carbonyl (C=O) groups excluding carboxylic acids is 1. The van der Waals surface area contributed by atoms with Crippen LogP contribution in [0.4, 0.5) is 19.0 Å². The van der Waals surface area contributed by atoms with Gasteiger partial charge in [0, 0.05) is 19.5 Å². The van der Waals surface area contributed by atoms with E-state index < -0.39 is 24.2 Å². The first-order chi connectivity index (χ1) is 15.2. The minimum absolute atomic E-state index is 0.0448. The first-order valence-electron chi connectivity index (χ1n) is 9.94. The molecule has 1 amide bonds. The number of carbonyl (C=O) groups is 1. The van der Waals surface area contributed by atoms with Crippen LogP contribution in [0, 0.1) is 0 Å². The molecule has 2 aliphatic rings. The molecule has 0 radical (unpaired) electrons. The van der Waals surface area contributed by atoms with Crippen LogP contribution in [0.3, 0.4) is 0 Å². The van der Waals surface area contributed by atoms with E-state index in [4.69, 9.17) is 25.8 Å². The average Bonchev–Trinajstić information content (AvgIpc) is 3.13. The van der Waals surface area contributed by atoms with E-state index in [-0.39, 0.29) is 23.0 Å². The third-order valence-electron chi connectivity index (χ3n) is 5.61. The van der Waals surface area contributed by atoms with Gasteiger partial charge in [0.05, 0.1) is 33.5 Å². The zero-order valence-electron chi connectivity index (χ0n) is 17.4. The number of alkyl halides is 3. The van der Waals surface area contributed by atoms with Gasteiger partial charge in [-0.1, -0.05) is 17.7 Å². The number of anilines is 1. The molecule has 8 nitrogen and oxygen atoms in total. The molecule has 1 aromatic carbocycles. The molecule has 0 saturated carbocycles. The van der Waals surface area contributed by atoms with E-state index in [1.807, 2.05) is 0 Å². The van der Waals surface area contributed by atoms with Crippen LogP contribution in [0.15, 0.2) is 18.2 Å². The Morgan fingerprint density at radius 3 is 2.53 bits per heavy atom. The molecule has 0 aliphatic carbocycles. The van der Waals surface area contributed by atoms with E-state index >= 15 is 0 Å². The molecule has 0 spiro atoms. The van der Waals surface area contributed by atoms with Gasteiger partial charge in [-0.05, 0) is 17.7 Å². The van der Waals surface area contributed by atoms with Crippen molar-refractivity contribution in [1.82, 2.24) is 14.7 Å². The van der Waals surface area contributed by atoms with Crippen molar-refractivity contribution in [3.8, 4) is 11.5 Å². The summed E-state index contributed by atoms with van der Waals surface area (Å²) in [6.07, 6.45) is -4.94. The van der Waals surface area contributed by atoms with Crippen LogP contribution < -0.4 is 14.8 Å². The van der Waals surface area contributed by atoms with Crippen molar-refractivity contribution in [3.05, 3.63) is 34.5 Å². The van der Waals surface area contributed by atoms with Crippen LogP contribution >= 0.6 is 11.6 Å². The molecule has 2 aromatic rings. The third kappa shape index (κ3) is 4.06. The number of halogens is 4. The maximum absolute atomic E-state index is 14.0. The van der Waals surface area contributed by atoms with E-state index in [9.17, 15) is 18.0 Å². The first kappa shape index (κ1) is 22.5. The van der Waals surface area contributed by atoms with Crippen molar-refractivity contribution in [2.75, 3.05) is 45.8 Å². The van der Waals surface area contributed by atoms with Gasteiger partial charge in [-0.2, -0.15) is 18.3 Å². The van der Waals surface area contributed by atoms with Crippen molar-refractivity contribution >= 4 is 23.3 Å². The fraction of sp³-hybridized carbons (Fsp3) is 0.500. The molecule has 0 unspecified atom stereocenters. The molecule has 3 heterocycles. The first-order valence-corrected chi connectivity index (χ1v) is 10.3. The monoisotopic (exact) mass is 474 g/mol. The van der Waals surface area contributed by atoms with Crippen molar-refractivity contribution in [2.24, 2.45) is 0 Å². The number of nitrogens with one attached hydrogen (secondary N) is 1. The van der Waals surface area contributed by atoms with Crippen molar-refractivity contribution in [1.29, 1.82) is 0 Å². The zero-order chi connectivity index (χ0) is 23.0. The van der Waals surface area contributed by atoms with Crippen LogP contribution in [0.25, 0.3) is 0 Å². The van der Waals surface area contributed by atoms with Crippen LogP contribution in [0.5, 0.6) is 11.5 Å². The third-order valence-corrected chi connectivity index (χ3v) is 5.96. The van der Waals surface area contributed by atoms with Gasteiger partial charge >= 0.3 is 6.18 Å². The highest BCUT2D eigenvalue weighted by molar-refractivity contribution is 6.36. The second-order valence-corrected chi connectivity index (χ2v) is 7.84. The molecule has 0 bridgehead atoms. The number of ether oxygens (including phenoxy) is 3. The number of hydrogen-bond donors (Lipinski definition) is 1. The summed E-state index contributed by atoms with van der Waals surface area (Å²) in [7, 11) is 2.92. The quantitative estimate of drug-likeness (QED) is 0.728. The lowest BCUT2D eigenvalue weighted by Gasteiger charge is -2.33. The summed E-state index contributed by atoms with van der Waals surface area (Å²) in [5.41, 5.74) is 0.347. The fourth-order valence-electron chi connectivity index (χ4n) is 3.93. The number of benzene rings is 1. The Morgan fingerprint density at radius 1 is 1.22 bits per heavy atom. The van der Waals surface area contributed by atoms with Gasteiger partial charge in [-0.25, -0.2) is 4.68 Å². The number of fused-ring (bicyclic) bond motifs is 1. The van der Waals surface area contributed by atoms with Gasteiger partial charge in [0.15, 0.2) is 23.2 Å². The second kappa shape index (κ2) is 8.70. The molecule has 1 saturated heterocycles. The number of aromatic nitrogens is 2. The molecule has 32 heavy (non-hydrogen) atoms. The Bertz CT molecular complexity index is 1010. The number of morpholine rings is 1. The van der Waals surface area contributed by atoms with Crippen LogP contribution in [-0.4, -0.2) is 67.3 Å². The molecule has 174 valence electrons. The molecule has 1 fully saturated rings. The number of amides is 1. The van der Waals surface area contributed by atoms with E-state index in [1.165, 1.54) is 19.1 Å². The lowest BCUT2D eigenvalue weighted by Crippen LogP contribution is -2.41. The minimum atomic E-state index is -4.60.